The molecule has 1 atom stereocenters. The standard InChI is InChI=1S/C69H116O6/c1-4-7-10-13-16-19-22-25-28-31-33-34-36-39-42-45-48-51-54-57-60-63-69(72)75-66(64-73-67(70)61-58-55-52-49-46-43-40-37-30-27-24-21-18-15-12-9-6-3)65-74-68(71)62-59-56-53-50-47-44-41-38-35-32-29-26-23-20-17-14-11-8-5-2/h8,11,17,20,25-30,35,38,40,43-44,47,49,52,66H,4-7,9-10,12-16,18-19,21-24,31-34,36-37,39,41-42,45-46,48,50-51,53-65H2,1-3H3/b11-8-,20-17-,28-25-,29-26-,30-27-,38-35-,43-40-,47-44-,52-49-/t66-/m0/s1. The van der Waals surface area contributed by atoms with Gasteiger partial charge in [-0.1, -0.05) is 259 Å². The Morgan fingerprint density at radius 3 is 0.893 bits per heavy atom. The molecule has 0 N–H and O–H groups in total. The summed E-state index contributed by atoms with van der Waals surface area (Å²) in [4.78, 5) is 38.3. The molecule has 0 aromatic heterocycles. The van der Waals surface area contributed by atoms with E-state index in [2.05, 4.69) is 130 Å². The molecule has 0 aromatic rings. The van der Waals surface area contributed by atoms with Crippen molar-refractivity contribution >= 4 is 17.9 Å². The molecule has 0 aliphatic heterocycles. The molecule has 0 spiro atoms. The lowest BCUT2D eigenvalue weighted by Crippen LogP contribution is -2.30. The highest BCUT2D eigenvalue weighted by Crippen LogP contribution is 2.15. The largest absolute Gasteiger partial charge is 0.462 e. The van der Waals surface area contributed by atoms with Crippen molar-refractivity contribution in [2.75, 3.05) is 13.2 Å². The third-order valence-corrected chi connectivity index (χ3v) is 13.2. The lowest BCUT2D eigenvalue weighted by molar-refractivity contribution is -0.167. The highest BCUT2D eigenvalue weighted by Gasteiger charge is 2.19. The number of hydrogen-bond donors (Lipinski definition) is 0. The Morgan fingerprint density at radius 2 is 0.533 bits per heavy atom. The second-order valence-corrected chi connectivity index (χ2v) is 20.6. The number of esters is 3. The van der Waals surface area contributed by atoms with E-state index in [0.717, 1.165) is 96.3 Å². The Morgan fingerprint density at radius 1 is 0.280 bits per heavy atom. The first-order valence-corrected chi connectivity index (χ1v) is 31.4. The fraction of sp³-hybridized carbons (Fsp3) is 0.696. The number of rotatable bonds is 56. The Balaban J connectivity index is 4.50. The highest BCUT2D eigenvalue weighted by molar-refractivity contribution is 5.71. The molecule has 0 heterocycles. The maximum absolute atomic E-state index is 12.9. The van der Waals surface area contributed by atoms with Gasteiger partial charge >= 0.3 is 17.9 Å². The third-order valence-electron chi connectivity index (χ3n) is 13.2. The van der Waals surface area contributed by atoms with Gasteiger partial charge in [0, 0.05) is 19.3 Å². The minimum absolute atomic E-state index is 0.112. The van der Waals surface area contributed by atoms with Crippen LogP contribution in [0.25, 0.3) is 0 Å². The number of carbonyl (C=O) groups excluding carboxylic acids is 3. The first kappa shape index (κ1) is 71.1. The summed E-state index contributed by atoms with van der Waals surface area (Å²) < 4.78 is 16.9. The fourth-order valence-corrected chi connectivity index (χ4v) is 8.54. The van der Waals surface area contributed by atoms with E-state index in [4.69, 9.17) is 14.2 Å². The van der Waals surface area contributed by atoms with Crippen molar-refractivity contribution in [3.8, 4) is 0 Å². The summed E-state index contributed by atoms with van der Waals surface area (Å²) in [5.41, 5.74) is 0. The van der Waals surface area contributed by atoms with Crippen LogP contribution in [0.4, 0.5) is 0 Å². The Hall–Kier alpha value is -3.93. The fourth-order valence-electron chi connectivity index (χ4n) is 8.54. The molecule has 0 unspecified atom stereocenters. The molecule has 0 saturated heterocycles. The molecule has 6 heteroatoms. The molecule has 0 aliphatic carbocycles. The zero-order valence-corrected chi connectivity index (χ0v) is 49.0. The zero-order valence-electron chi connectivity index (χ0n) is 49.0. The van der Waals surface area contributed by atoms with Gasteiger partial charge in [0.2, 0.25) is 0 Å². The molecule has 0 fully saturated rings. The summed E-state index contributed by atoms with van der Waals surface area (Å²) in [6.45, 7) is 6.46. The molecule has 0 saturated carbocycles. The quantitative estimate of drug-likeness (QED) is 0.0261. The molecule has 0 rings (SSSR count). The van der Waals surface area contributed by atoms with Crippen molar-refractivity contribution in [2.45, 2.75) is 297 Å². The third kappa shape index (κ3) is 60.8. The lowest BCUT2D eigenvalue weighted by Gasteiger charge is -2.18. The van der Waals surface area contributed by atoms with Gasteiger partial charge in [-0.2, -0.15) is 0 Å². The second kappa shape index (κ2) is 62.6. The van der Waals surface area contributed by atoms with E-state index in [1.807, 2.05) is 0 Å². The topological polar surface area (TPSA) is 78.9 Å². The van der Waals surface area contributed by atoms with Gasteiger partial charge in [-0.3, -0.25) is 14.4 Å². The number of unbranched alkanes of at least 4 members (excludes halogenated alkanes) is 27. The minimum Gasteiger partial charge on any atom is -0.462 e. The van der Waals surface area contributed by atoms with Gasteiger partial charge < -0.3 is 14.2 Å². The molecule has 0 amide bonds. The summed E-state index contributed by atoms with van der Waals surface area (Å²) in [7, 11) is 0. The van der Waals surface area contributed by atoms with E-state index < -0.39 is 6.10 Å². The van der Waals surface area contributed by atoms with E-state index in [9.17, 15) is 14.4 Å². The molecular formula is C69H116O6. The molecule has 6 nitrogen and oxygen atoms in total. The number of hydrogen-bond acceptors (Lipinski definition) is 6. The number of allylic oxidation sites excluding steroid dienone is 18. The van der Waals surface area contributed by atoms with Crippen LogP contribution in [-0.4, -0.2) is 37.2 Å². The van der Waals surface area contributed by atoms with Crippen LogP contribution in [0.2, 0.25) is 0 Å². The lowest BCUT2D eigenvalue weighted by atomic mass is 10.0. The Bertz CT molecular complexity index is 1520. The molecule has 428 valence electrons. The van der Waals surface area contributed by atoms with E-state index in [-0.39, 0.29) is 37.5 Å². The summed E-state index contributed by atoms with van der Waals surface area (Å²) in [6, 6.07) is 0. The summed E-state index contributed by atoms with van der Waals surface area (Å²) in [6.07, 6.45) is 85.2. The summed E-state index contributed by atoms with van der Waals surface area (Å²) >= 11 is 0. The van der Waals surface area contributed by atoms with E-state index in [0.29, 0.717) is 19.3 Å². The van der Waals surface area contributed by atoms with Crippen molar-refractivity contribution in [2.24, 2.45) is 0 Å². The predicted octanol–water partition coefficient (Wildman–Crippen LogP) is 21.4. The maximum Gasteiger partial charge on any atom is 0.306 e. The van der Waals surface area contributed by atoms with Crippen molar-refractivity contribution < 1.29 is 28.6 Å². The van der Waals surface area contributed by atoms with Crippen LogP contribution in [-0.2, 0) is 28.6 Å². The first-order chi connectivity index (χ1) is 37.0. The van der Waals surface area contributed by atoms with Gasteiger partial charge in [0.15, 0.2) is 6.10 Å². The maximum atomic E-state index is 12.9. The molecular weight excluding hydrogens is 925 g/mol. The SMILES string of the molecule is CC/C=C\C/C=C\C/C=C\C/C=C\C/C=C\CCCCCC(=O)OC[C@H](COC(=O)CCC/C=C\C/C=C\C/C=C\CCCCCCCC)OC(=O)CCCCCCCCCCCCC/C=C\CCCCCCCC. The zero-order chi connectivity index (χ0) is 54.3. The molecule has 0 aromatic carbocycles. The van der Waals surface area contributed by atoms with Gasteiger partial charge in [0.25, 0.3) is 0 Å². The van der Waals surface area contributed by atoms with Gasteiger partial charge in [-0.15, -0.1) is 0 Å². The Labute approximate surface area is 463 Å². The van der Waals surface area contributed by atoms with Gasteiger partial charge in [-0.05, 0) is 122 Å². The summed E-state index contributed by atoms with van der Waals surface area (Å²) in [5, 5.41) is 0. The average molecular weight is 1040 g/mol. The predicted molar refractivity (Wildman–Crippen MR) is 325 cm³/mol. The molecule has 0 radical (unpaired) electrons. The molecule has 0 aliphatic rings. The number of carbonyl (C=O) groups is 3. The second-order valence-electron chi connectivity index (χ2n) is 20.6. The van der Waals surface area contributed by atoms with Crippen LogP contribution in [0.5, 0.6) is 0 Å². The number of ether oxygens (including phenoxy) is 3. The molecule has 0 bridgehead atoms. The van der Waals surface area contributed by atoms with E-state index in [1.165, 1.54) is 148 Å². The van der Waals surface area contributed by atoms with Crippen molar-refractivity contribution in [1.29, 1.82) is 0 Å². The van der Waals surface area contributed by atoms with Crippen molar-refractivity contribution in [3.05, 3.63) is 109 Å². The van der Waals surface area contributed by atoms with E-state index in [1.54, 1.807) is 0 Å². The van der Waals surface area contributed by atoms with Crippen molar-refractivity contribution in [3.63, 3.8) is 0 Å². The monoisotopic (exact) mass is 1040 g/mol. The van der Waals surface area contributed by atoms with Gasteiger partial charge in [0.05, 0.1) is 0 Å². The smallest absolute Gasteiger partial charge is 0.306 e. The van der Waals surface area contributed by atoms with Crippen LogP contribution >= 0.6 is 0 Å². The Kier molecular flexibility index (Phi) is 59.3. The van der Waals surface area contributed by atoms with Gasteiger partial charge in [0.1, 0.15) is 13.2 Å². The van der Waals surface area contributed by atoms with Crippen LogP contribution < -0.4 is 0 Å². The average Bonchev–Trinajstić information content (AvgIpc) is 3.41. The molecule has 75 heavy (non-hydrogen) atoms. The van der Waals surface area contributed by atoms with Crippen LogP contribution in [0.3, 0.4) is 0 Å². The minimum atomic E-state index is -0.816. The van der Waals surface area contributed by atoms with Crippen LogP contribution in [0.15, 0.2) is 109 Å². The van der Waals surface area contributed by atoms with E-state index >= 15 is 0 Å². The summed E-state index contributed by atoms with van der Waals surface area (Å²) in [5.74, 6) is -0.989. The first-order valence-electron chi connectivity index (χ1n) is 31.4. The van der Waals surface area contributed by atoms with Crippen LogP contribution in [0, 0.1) is 0 Å². The highest BCUT2D eigenvalue weighted by atomic mass is 16.6. The van der Waals surface area contributed by atoms with Gasteiger partial charge in [-0.25, -0.2) is 0 Å². The normalized spacial score (nSPS) is 12.8. The van der Waals surface area contributed by atoms with Crippen molar-refractivity contribution in [1.82, 2.24) is 0 Å². The van der Waals surface area contributed by atoms with Crippen LogP contribution in [0.1, 0.15) is 290 Å².